The lowest BCUT2D eigenvalue weighted by Crippen LogP contribution is -2.30. The molecule has 0 amide bonds. The zero-order valence-corrected chi connectivity index (χ0v) is 28.8. The molecule has 2 N–H and O–H groups in total. The lowest BCUT2D eigenvalue weighted by Gasteiger charge is -2.18. The lowest BCUT2D eigenvalue weighted by atomic mass is 10.0. The van der Waals surface area contributed by atoms with Gasteiger partial charge in [0.15, 0.2) is 6.10 Å². The number of unbranched alkanes of at least 4 members (excludes halogenated alkanes) is 24. The quantitative estimate of drug-likeness (QED) is 0.0566. The molecule has 0 aromatic carbocycles. The largest absolute Gasteiger partial charge is 0.462 e. The summed E-state index contributed by atoms with van der Waals surface area (Å²) >= 11 is 0. The Hall–Kier alpha value is -1.14. The Kier molecular flexibility index (Phi) is 34.4. The molecule has 6 heteroatoms. The van der Waals surface area contributed by atoms with Gasteiger partial charge in [0.05, 0.1) is 13.2 Å². The van der Waals surface area contributed by atoms with Crippen LogP contribution in [0.15, 0.2) is 0 Å². The van der Waals surface area contributed by atoms with Gasteiger partial charge in [-0.2, -0.15) is 0 Å². The predicted molar refractivity (Wildman–Crippen MR) is 181 cm³/mol. The average Bonchev–Trinajstić information content (AvgIpc) is 3.00. The second-order valence-electron chi connectivity index (χ2n) is 12.6. The maximum Gasteiger partial charge on any atom is 0.306 e. The van der Waals surface area contributed by atoms with Gasteiger partial charge in [0, 0.05) is 19.4 Å². The molecule has 0 radical (unpaired) electrons. The third-order valence-corrected chi connectivity index (χ3v) is 8.26. The van der Waals surface area contributed by atoms with E-state index in [1.54, 1.807) is 0 Å². The minimum Gasteiger partial charge on any atom is -0.462 e. The van der Waals surface area contributed by atoms with Gasteiger partial charge in [-0.05, 0) is 12.8 Å². The highest BCUT2D eigenvalue weighted by molar-refractivity contribution is 5.70. The average molecular weight is 612 g/mol. The number of rotatable bonds is 35. The van der Waals surface area contributed by atoms with E-state index in [4.69, 9.17) is 19.9 Å². The Morgan fingerprint density at radius 3 is 1.21 bits per heavy atom. The SMILES string of the molecule is CCCCCCCCCCCCCCCC(=O)OC[C@H](COCCN)OC(=O)CCCCCCCCCCCCCCC. The summed E-state index contributed by atoms with van der Waals surface area (Å²) < 4.78 is 16.5. The van der Waals surface area contributed by atoms with E-state index in [2.05, 4.69) is 13.8 Å². The number of nitrogens with two attached hydrogens (primary N) is 1. The monoisotopic (exact) mass is 612 g/mol. The van der Waals surface area contributed by atoms with Crippen LogP contribution < -0.4 is 5.73 Å². The summed E-state index contributed by atoms with van der Waals surface area (Å²) in [6.45, 7) is 5.57. The van der Waals surface area contributed by atoms with Crippen LogP contribution in [-0.4, -0.2) is 44.4 Å². The first kappa shape index (κ1) is 41.9. The molecule has 0 fully saturated rings. The van der Waals surface area contributed by atoms with E-state index in [0.717, 1.165) is 25.7 Å². The van der Waals surface area contributed by atoms with E-state index in [-0.39, 0.29) is 25.2 Å². The molecule has 0 saturated heterocycles. The number of esters is 2. The molecular weight excluding hydrogens is 538 g/mol. The molecule has 0 saturated carbocycles. The summed E-state index contributed by atoms with van der Waals surface area (Å²) in [5, 5.41) is 0. The number of hydrogen-bond donors (Lipinski definition) is 1. The second-order valence-corrected chi connectivity index (χ2v) is 12.6. The van der Waals surface area contributed by atoms with Crippen LogP contribution in [0.5, 0.6) is 0 Å². The van der Waals surface area contributed by atoms with E-state index < -0.39 is 6.10 Å². The van der Waals surface area contributed by atoms with Crippen molar-refractivity contribution in [3.8, 4) is 0 Å². The normalized spacial score (nSPS) is 12.0. The van der Waals surface area contributed by atoms with Crippen molar-refractivity contribution in [2.45, 2.75) is 200 Å². The van der Waals surface area contributed by atoms with Gasteiger partial charge >= 0.3 is 11.9 Å². The van der Waals surface area contributed by atoms with E-state index in [1.165, 1.54) is 141 Å². The second kappa shape index (κ2) is 35.3. The molecule has 0 aliphatic rings. The summed E-state index contributed by atoms with van der Waals surface area (Å²) in [4.78, 5) is 24.6. The molecule has 0 aromatic rings. The number of carbonyl (C=O) groups excluding carboxylic acids is 2. The standard InChI is InChI=1S/C37H73NO5/c1-3-5-7-9-11-13-15-17-19-21-23-25-27-29-36(39)42-34-35(33-41-32-31-38)43-37(40)30-28-26-24-22-20-18-16-14-12-10-8-6-4-2/h35H,3-34,38H2,1-2H3/t35-/m0/s1. The van der Waals surface area contributed by atoms with Gasteiger partial charge < -0.3 is 19.9 Å². The third-order valence-electron chi connectivity index (χ3n) is 8.26. The number of hydrogen-bond acceptors (Lipinski definition) is 6. The molecule has 0 unspecified atom stereocenters. The van der Waals surface area contributed by atoms with Gasteiger partial charge in [-0.1, -0.05) is 168 Å². The first-order valence-corrected chi connectivity index (χ1v) is 18.8. The van der Waals surface area contributed by atoms with Crippen molar-refractivity contribution in [1.82, 2.24) is 0 Å². The van der Waals surface area contributed by atoms with Gasteiger partial charge in [0.25, 0.3) is 0 Å². The van der Waals surface area contributed by atoms with Crippen LogP contribution in [-0.2, 0) is 23.8 Å². The fourth-order valence-corrected chi connectivity index (χ4v) is 5.49. The van der Waals surface area contributed by atoms with E-state index >= 15 is 0 Å². The Bertz CT molecular complexity index is 585. The van der Waals surface area contributed by atoms with Crippen molar-refractivity contribution in [2.75, 3.05) is 26.4 Å². The Labute approximate surface area is 267 Å². The molecule has 0 spiro atoms. The van der Waals surface area contributed by atoms with Gasteiger partial charge in [-0.3, -0.25) is 9.59 Å². The van der Waals surface area contributed by atoms with Crippen LogP contribution in [0.25, 0.3) is 0 Å². The van der Waals surface area contributed by atoms with Crippen molar-refractivity contribution in [2.24, 2.45) is 5.73 Å². The lowest BCUT2D eigenvalue weighted by molar-refractivity contribution is -0.162. The molecule has 0 aliphatic carbocycles. The van der Waals surface area contributed by atoms with Crippen LogP contribution in [0.1, 0.15) is 194 Å². The van der Waals surface area contributed by atoms with Crippen LogP contribution in [0.4, 0.5) is 0 Å². The zero-order chi connectivity index (χ0) is 31.5. The maximum atomic E-state index is 12.4. The van der Waals surface area contributed by atoms with Gasteiger partial charge in [-0.15, -0.1) is 0 Å². The highest BCUT2D eigenvalue weighted by atomic mass is 16.6. The minimum atomic E-state index is -0.573. The Morgan fingerprint density at radius 1 is 0.488 bits per heavy atom. The molecule has 0 aromatic heterocycles. The zero-order valence-electron chi connectivity index (χ0n) is 28.8. The summed E-state index contributed by atoms with van der Waals surface area (Å²) in [7, 11) is 0. The van der Waals surface area contributed by atoms with Crippen molar-refractivity contribution in [1.29, 1.82) is 0 Å². The maximum absolute atomic E-state index is 12.4. The highest BCUT2D eigenvalue weighted by Gasteiger charge is 2.17. The first-order chi connectivity index (χ1) is 21.1. The summed E-state index contributed by atoms with van der Waals surface area (Å²) in [6.07, 6.45) is 33.4. The molecule has 43 heavy (non-hydrogen) atoms. The molecule has 1 atom stereocenters. The predicted octanol–water partition coefficient (Wildman–Crippen LogP) is 10.4. The highest BCUT2D eigenvalue weighted by Crippen LogP contribution is 2.15. The number of carbonyl (C=O) groups is 2. The van der Waals surface area contributed by atoms with Crippen molar-refractivity contribution in [3.05, 3.63) is 0 Å². The molecule has 0 heterocycles. The number of ether oxygens (including phenoxy) is 3. The third kappa shape index (κ3) is 33.6. The van der Waals surface area contributed by atoms with E-state index in [9.17, 15) is 9.59 Å². The fourth-order valence-electron chi connectivity index (χ4n) is 5.49. The molecule has 6 nitrogen and oxygen atoms in total. The fraction of sp³-hybridized carbons (Fsp3) is 0.946. The molecule has 0 bridgehead atoms. The van der Waals surface area contributed by atoms with Gasteiger partial charge in [0.2, 0.25) is 0 Å². The molecule has 0 rings (SSSR count). The van der Waals surface area contributed by atoms with Crippen molar-refractivity contribution in [3.63, 3.8) is 0 Å². The van der Waals surface area contributed by atoms with Crippen molar-refractivity contribution < 1.29 is 23.8 Å². The van der Waals surface area contributed by atoms with Gasteiger partial charge in [-0.25, -0.2) is 0 Å². The summed E-state index contributed by atoms with van der Waals surface area (Å²) in [6, 6.07) is 0. The van der Waals surface area contributed by atoms with Crippen LogP contribution in [0, 0.1) is 0 Å². The van der Waals surface area contributed by atoms with E-state index in [0.29, 0.717) is 26.0 Å². The summed E-state index contributed by atoms with van der Waals surface area (Å²) in [5.41, 5.74) is 5.52. The Morgan fingerprint density at radius 2 is 0.837 bits per heavy atom. The van der Waals surface area contributed by atoms with Crippen LogP contribution in [0.2, 0.25) is 0 Å². The minimum absolute atomic E-state index is 0.0478. The smallest absolute Gasteiger partial charge is 0.306 e. The van der Waals surface area contributed by atoms with Gasteiger partial charge in [0.1, 0.15) is 6.61 Å². The molecule has 256 valence electrons. The summed E-state index contributed by atoms with van der Waals surface area (Å²) in [5.74, 6) is -0.462. The first-order valence-electron chi connectivity index (χ1n) is 18.8. The van der Waals surface area contributed by atoms with Crippen LogP contribution >= 0.6 is 0 Å². The van der Waals surface area contributed by atoms with Crippen LogP contribution in [0.3, 0.4) is 0 Å². The van der Waals surface area contributed by atoms with E-state index in [1.807, 2.05) is 0 Å². The molecule has 0 aliphatic heterocycles. The topological polar surface area (TPSA) is 87.8 Å². The molecular formula is C37H73NO5. The Balaban J connectivity index is 3.81. The van der Waals surface area contributed by atoms with Crippen molar-refractivity contribution >= 4 is 11.9 Å².